The number of rotatable bonds is 5. The van der Waals surface area contributed by atoms with Crippen molar-refractivity contribution in [3.05, 3.63) is 35.4 Å². The van der Waals surface area contributed by atoms with Gasteiger partial charge in [0.15, 0.2) is 0 Å². The van der Waals surface area contributed by atoms with Crippen molar-refractivity contribution in [3.63, 3.8) is 0 Å². The molecule has 3 rings (SSSR count). The number of carbonyl (C=O) groups excluding carboxylic acids is 1. The zero-order valence-corrected chi connectivity index (χ0v) is 14.1. The van der Waals surface area contributed by atoms with Crippen LogP contribution in [0.4, 0.5) is 0 Å². The molecule has 2 N–H and O–H groups in total. The van der Waals surface area contributed by atoms with E-state index in [0.29, 0.717) is 31.0 Å². The molecule has 0 saturated carbocycles. The van der Waals surface area contributed by atoms with Crippen LogP contribution in [0.2, 0.25) is 0 Å². The topological polar surface area (TPSA) is 41.1 Å². The second kappa shape index (κ2) is 7.98. The van der Waals surface area contributed by atoms with Gasteiger partial charge in [0.1, 0.15) is 0 Å². The molecule has 2 atom stereocenters. The Hall–Kier alpha value is -1.06. The molecule has 3 nitrogen and oxygen atoms in total. The lowest BCUT2D eigenvalue weighted by Crippen LogP contribution is -2.39. The van der Waals surface area contributed by atoms with Crippen LogP contribution in [0.1, 0.15) is 50.2 Å². The second-order valence-corrected chi connectivity index (χ2v) is 6.58. The molecule has 0 radical (unpaired) electrons. The van der Waals surface area contributed by atoms with Crippen molar-refractivity contribution in [1.29, 1.82) is 0 Å². The lowest BCUT2D eigenvalue weighted by molar-refractivity contribution is -0.122. The number of piperidine rings is 1. The van der Waals surface area contributed by atoms with Gasteiger partial charge in [-0.2, -0.15) is 0 Å². The summed E-state index contributed by atoms with van der Waals surface area (Å²) in [6.45, 7) is 2.83. The van der Waals surface area contributed by atoms with Crippen LogP contribution < -0.4 is 10.6 Å². The third kappa shape index (κ3) is 4.23. The van der Waals surface area contributed by atoms with Crippen molar-refractivity contribution < 1.29 is 4.79 Å². The molecule has 0 aliphatic carbocycles. The fourth-order valence-corrected chi connectivity index (χ4v) is 3.94. The number of carbonyl (C=O) groups is 1. The molecule has 0 spiro atoms. The Morgan fingerprint density at radius 3 is 2.45 bits per heavy atom. The molecule has 2 bridgehead atoms. The van der Waals surface area contributed by atoms with E-state index < -0.39 is 0 Å². The Kier molecular flexibility index (Phi) is 6.27. The zero-order chi connectivity index (χ0) is 14.7. The van der Waals surface area contributed by atoms with E-state index in [1.54, 1.807) is 0 Å². The summed E-state index contributed by atoms with van der Waals surface area (Å²) in [6, 6.07) is 9.71. The normalized spacial score (nSPS) is 26.3. The first-order valence-corrected chi connectivity index (χ1v) is 8.34. The van der Waals surface area contributed by atoms with Crippen LogP contribution in [-0.4, -0.2) is 18.0 Å². The van der Waals surface area contributed by atoms with Gasteiger partial charge in [0, 0.05) is 25.0 Å². The monoisotopic (exact) mass is 322 g/mol. The van der Waals surface area contributed by atoms with E-state index in [0.717, 1.165) is 6.42 Å². The summed E-state index contributed by atoms with van der Waals surface area (Å²) in [5, 5.41) is 6.75. The maximum absolute atomic E-state index is 12.2. The first-order valence-electron chi connectivity index (χ1n) is 8.34. The lowest BCUT2D eigenvalue weighted by Gasteiger charge is -2.28. The summed E-state index contributed by atoms with van der Waals surface area (Å²) in [6.07, 6.45) is 6.66. The van der Waals surface area contributed by atoms with E-state index >= 15 is 0 Å². The minimum atomic E-state index is 0. The van der Waals surface area contributed by atoms with Crippen LogP contribution in [0.5, 0.6) is 0 Å². The number of amides is 1. The number of hydrogen-bond donors (Lipinski definition) is 2. The molecule has 0 aromatic heterocycles. The smallest absolute Gasteiger partial charge is 0.220 e. The number of aryl methyl sites for hydroxylation is 1. The van der Waals surface area contributed by atoms with Crippen molar-refractivity contribution in [3.8, 4) is 0 Å². The van der Waals surface area contributed by atoms with E-state index in [1.165, 1.54) is 36.8 Å². The Labute approximate surface area is 139 Å². The maximum atomic E-state index is 12.2. The number of hydrogen-bond acceptors (Lipinski definition) is 2. The maximum Gasteiger partial charge on any atom is 0.220 e. The van der Waals surface area contributed by atoms with Gasteiger partial charge in [-0.25, -0.2) is 0 Å². The van der Waals surface area contributed by atoms with Crippen LogP contribution in [0, 0.1) is 5.92 Å². The first kappa shape index (κ1) is 17.3. The van der Waals surface area contributed by atoms with Crippen LogP contribution in [0.3, 0.4) is 0 Å². The number of nitrogens with one attached hydrogen (secondary N) is 2. The van der Waals surface area contributed by atoms with Crippen LogP contribution in [-0.2, 0) is 17.8 Å². The molecular weight excluding hydrogens is 296 g/mol. The zero-order valence-electron chi connectivity index (χ0n) is 13.3. The summed E-state index contributed by atoms with van der Waals surface area (Å²) in [5.74, 6) is 0.789. The van der Waals surface area contributed by atoms with Gasteiger partial charge in [-0.15, -0.1) is 12.4 Å². The highest BCUT2D eigenvalue weighted by Crippen LogP contribution is 2.32. The van der Waals surface area contributed by atoms with Gasteiger partial charge in [-0.1, -0.05) is 31.2 Å². The van der Waals surface area contributed by atoms with Crippen molar-refractivity contribution in [2.45, 2.75) is 64.1 Å². The highest BCUT2D eigenvalue weighted by molar-refractivity contribution is 5.85. The summed E-state index contributed by atoms with van der Waals surface area (Å²) < 4.78 is 0. The highest BCUT2D eigenvalue weighted by Gasteiger charge is 2.34. The van der Waals surface area contributed by atoms with Crippen LogP contribution >= 0.6 is 12.4 Å². The fourth-order valence-electron chi connectivity index (χ4n) is 3.94. The van der Waals surface area contributed by atoms with Gasteiger partial charge in [-0.3, -0.25) is 4.79 Å². The number of benzene rings is 1. The molecule has 22 heavy (non-hydrogen) atoms. The minimum Gasteiger partial charge on any atom is -0.352 e. The summed E-state index contributed by atoms with van der Waals surface area (Å²) in [5.41, 5.74) is 2.58. The van der Waals surface area contributed by atoms with E-state index in [4.69, 9.17) is 0 Å². The van der Waals surface area contributed by atoms with Gasteiger partial charge in [0.05, 0.1) is 0 Å². The summed E-state index contributed by atoms with van der Waals surface area (Å²) in [7, 11) is 0. The van der Waals surface area contributed by atoms with Crippen molar-refractivity contribution in [1.82, 2.24) is 10.6 Å². The van der Waals surface area contributed by atoms with Crippen molar-refractivity contribution in [2.75, 3.05) is 0 Å². The van der Waals surface area contributed by atoms with E-state index in [2.05, 4.69) is 35.8 Å². The molecule has 2 aliphatic rings. The summed E-state index contributed by atoms with van der Waals surface area (Å²) >= 11 is 0. The number of halogens is 1. The molecule has 2 heterocycles. The van der Waals surface area contributed by atoms with Crippen LogP contribution in [0.15, 0.2) is 24.3 Å². The molecule has 2 saturated heterocycles. The number of fused-ring (bicyclic) bond motifs is 2. The standard InChI is InChI=1S/C18H26N2O.ClH/c1-2-14-5-3-4-6-15(14)12-19-18(21)11-13-9-16-7-8-17(10-13)20-16;/h3-6,13,16-17,20H,2,7-12H2,1H3,(H,19,21);1H. The van der Waals surface area contributed by atoms with Gasteiger partial charge >= 0.3 is 0 Å². The van der Waals surface area contributed by atoms with Gasteiger partial charge < -0.3 is 10.6 Å². The molecule has 2 aliphatic heterocycles. The Balaban J connectivity index is 0.00000176. The third-order valence-corrected chi connectivity index (χ3v) is 5.02. The summed E-state index contributed by atoms with van der Waals surface area (Å²) in [4.78, 5) is 12.2. The quantitative estimate of drug-likeness (QED) is 0.874. The Morgan fingerprint density at radius 1 is 1.18 bits per heavy atom. The molecule has 122 valence electrons. The molecular formula is C18H27ClN2O. The van der Waals surface area contributed by atoms with E-state index in [-0.39, 0.29) is 18.3 Å². The second-order valence-electron chi connectivity index (χ2n) is 6.58. The molecule has 1 aromatic rings. The van der Waals surface area contributed by atoms with Crippen molar-refractivity contribution in [2.24, 2.45) is 5.92 Å². The van der Waals surface area contributed by atoms with Gasteiger partial charge in [-0.05, 0) is 49.1 Å². The lowest BCUT2D eigenvalue weighted by atomic mass is 9.89. The van der Waals surface area contributed by atoms with E-state index in [9.17, 15) is 4.79 Å². The first-order chi connectivity index (χ1) is 10.2. The molecule has 1 amide bonds. The molecule has 2 fully saturated rings. The minimum absolute atomic E-state index is 0. The molecule has 4 heteroatoms. The van der Waals surface area contributed by atoms with E-state index in [1.807, 2.05) is 6.07 Å². The average molecular weight is 323 g/mol. The highest BCUT2D eigenvalue weighted by atomic mass is 35.5. The SMILES string of the molecule is CCc1ccccc1CNC(=O)CC1CC2CCC(C1)N2.Cl. The predicted octanol–water partition coefficient (Wildman–Crippen LogP) is 3.21. The van der Waals surface area contributed by atoms with Crippen molar-refractivity contribution >= 4 is 18.3 Å². The van der Waals surface area contributed by atoms with Gasteiger partial charge in [0.2, 0.25) is 5.91 Å². The van der Waals surface area contributed by atoms with Gasteiger partial charge in [0.25, 0.3) is 0 Å². The Bertz CT molecular complexity index is 494. The fraction of sp³-hybridized carbons (Fsp3) is 0.611. The average Bonchev–Trinajstić information content (AvgIpc) is 2.84. The largest absolute Gasteiger partial charge is 0.352 e. The van der Waals surface area contributed by atoms with Crippen LogP contribution in [0.25, 0.3) is 0 Å². The predicted molar refractivity (Wildman–Crippen MR) is 92.2 cm³/mol. The Morgan fingerprint density at radius 2 is 1.82 bits per heavy atom. The molecule has 1 aromatic carbocycles. The third-order valence-electron chi connectivity index (χ3n) is 5.02. The molecule has 2 unspecified atom stereocenters.